The SMILES string of the molecule is CCCCC(Cc1ccc(O)cc1)(C(=O)O)C(=O)O. The maximum absolute atomic E-state index is 11.4. The minimum absolute atomic E-state index is 0.0635. The van der Waals surface area contributed by atoms with Gasteiger partial charge in [-0.25, -0.2) is 0 Å². The molecule has 1 aromatic rings. The van der Waals surface area contributed by atoms with E-state index in [2.05, 4.69) is 0 Å². The minimum atomic E-state index is -1.80. The maximum atomic E-state index is 11.4. The molecule has 1 aromatic carbocycles. The fourth-order valence-electron chi connectivity index (χ4n) is 1.99. The van der Waals surface area contributed by atoms with E-state index in [1.807, 2.05) is 6.92 Å². The largest absolute Gasteiger partial charge is 0.508 e. The number of carboxylic acids is 2. The van der Waals surface area contributed by atoms with Gasteiger partial charge < -0.3 is 15.3 Å². The van der Waals surface area contributed by atoms with Crippen molar-refractivity contribution in [3.05, 3.63) is 29.8 Å². The van der Waals surface area contributed by atoms with Gasteiger partial charge in [-0.2, -0.15) is 0 Å². The number of aromatic hydroxyl groups is 1. The summed E-state index contributed by atoms with van der Waals surface area (Å²) < 4.78 is 0. The first-order valence-corrected chi connectivity index (χ1v) is 6.17. The van der Waals surface area contributed by atoms with Crippen LogP contribution >= 0.6 is 0 Å². The van der Waals surface area contributed by atoms with E-state index in [4.69, 9.17) is 0 Å². The summed E-state index contributed by atoms with van der Waals surface area (Å²) in [5.74, 6) is -2.57. The summed E-state index contributed by atoms with van der Waals surface area (Å²) in [6.45, 7) is 1.88. The second kappa shape index (κ2) is 6.22. The molecule has 0 saturated carbocycles. The summed E-state index contributed by atoms with van der Waals surface area (Å²) in [7, 11) is 0. The van der Waals surface area contributed by atoms with Gasteiger partial charge in [0, 0.05) is 0 Å². The van der Waals surface area contributed by atoms with Gasteiger partial charge in [-0.1, -0.05) is 31.9 Å². The predicted octanol–water partition coefficient (Wildman–Crippen LogP) is 2.28. The van der Waals surface area contributed by atoms with E-state index in [-0.39, 0.29) is 18.6 Å². The average molecular weight is 266 g/mol. The molecule has 0 aromatic heterocycles. The maximum Gasteiger partial charge on any atom is 0.321 e. The Morgan fingerprint density at radius 1 is 1.11 bits per heavy atom. The Bertz CT molecular complexity index is 435. The fourth-order valence-corrected chi connectivity index (χ4v) is 1.99. The molecule has 19 heavy (non-hydrogen) atoms. The molecular weight excluding hydrogens is 248 g/mol. The highest BCUT2D eigenvalue weighted by atomic mass is 16.4. The average Bonchev–Trinajstić information content (AvgIpc) is 2.36. The number of carboxylic acid groups (broad SMARTS) is 2. The minimum Gasteiger partial charge on any atom is -0.508 e. The van der Waals surface area contributed by atoms with Gasteiger partial charge in [-0.05, 0) is 30.5 Å². The van der Waals surface area contributed by atoms with Crippen molar-refractivity contribution in [2.45, 2.75) is 32.6 Å². The second-order valence-corrected chi connectivity index (χ2v) is 4.64. The molecule has 0 amide bonds. The zero-order valence-electron chi connectivity index (χ0n) is 10.8. The van der Waals surface area contributed by atoms with Crippen molar-refractivity contribution in [3.63, 3.8) is 0 Å². The van der Waals surface area contributed by atoms with Crippen LogP contribution in [0.25, 0.3) is 0 Å². The van der Waals surface area contributed by atoms with Crippen molar-refractivity contribution in [1.29, 1.82) is 0 Å². The molecule has 0 atom stereocenters. The van der Waals surface area contributed by atoms with E-state index in [1.165, 1.54) is 12.1 Å². The van der Waals surface area contributed by atoms with Gasteiger partial charge in [0.05, 0.1) is 0 Å². The van der Waals surface area contributed by atoms with E-state index in [9.17, 15) is 24.9 Å². The van der Waals surface area contributed by atoms with Crippen LogP contribution in [0.3, 0.4) is 0 Å². The number of hydrogen-bond donors (Lipinski definition) is 3. The molecule has 0 fully saturated rings. The molecule has 0 spiro atoms. The standard InChI is InChI=1S/C14H18O5/c1-2-3-8-14(12(16)17,13(18)19)9-10-4-6-11(15)7-5-10/h4-7,15H,2-3,8-9H2,1H3,(H,16,17)(H,18,19). The van der Waals surface area contributed by atoms with Crippen LogP contribution in [0, 0.1) is 5.41 Å². The summed E-state index contributed by atoms with van der Waals surface area (Å²) in [4.78, 5) is 22.8. The van der Waals surface area contributed by atoms with Crippen LogP contribution in [0.2, 0.25) is 0 Å². The van der Waals surface area contributed by atoms with Gasteiger partial charge >= 0.3 is 11.9 Å². The lowest BCUT2D eigenvalue weighted by Crippen LogP contribution is -2.41. The first-order chi connectivity index (χ1) is 8.92. The molecule has 0 unspecified atom stereocenters. The molecule has 0 bridgehead atoms. The van der Waals surface area contributed by atoms with Gasteiger partial charge in [0.2, 0.25) is 0 Å². The van der Waals surface area contributed by atoms with Crippen LogP contribution < -0.4 is 0 Å². The van der Waals surface area contributed by atoms with Crippen molar-refractivity contribution in [3.8, 4) is 5.75 Å². The van der Waals surface area contributed by atoms with Crippen molar-refractivity contribution >= 4 is 11.9 Å². The summed E-state index contributed by atoms with van der Waals surface area (Å²) in [6.07, 6.45) is 1.28. The van der Waals surface area contributed by atoms with E-state index in [0.29, 0.717) is 12.0 Å². The molecule has 0 aliphatic rings. The molecule has 0 aliphatic carbocycles. The third-order valence-corrected chi connectivity index (χ3v) is 3.22. The summed E-state index contributed by atoms with van der Waals surface area (Å²) in [5.41, 5.74) is -1.22. The molecule has 5 heteroatoms. The van der Waals surface area contributed by atoms with E-state index in [1.54, 1.807) is 12.1 Å². The van der Waals surface area contributed by atoms with Crippen LogP contribution in [0.15, 0.2) is 24.3 Å². The number of phenolic OH excluding ortho intramolecular Hbond substituents is 1. The van der Waals surface area contributed by atoms with Gasteiger partial charge in [0.15, 0.2) is 5.41 Å². The predicted molar refractivity (Wildman–Crippen MR) is 69.0 cm³/mol. The van der Waals surface area contributed by atoms with Crippen molar-refractivity contribution in [1.82, 2.24) is 0 Å². The summed E-state index contributed by atoms with van der Waals surface area (Å²) >= 11 is 0. The third-order valence-electron chi connectivity index (χ3n) is 3.22. The monoisotopic (exact) mass is 266 g/mol. The molecule has 5 nitrogen and oxygen atoms in total. The van der Waals surface area contributed by atoms with E-state index >= 15 is 0 Å². The molecule has 0 saturated heterocycles. The molecule has 0 radical (unpaired) electrons. The third kappa shape index (κ3) is 3.47. The Labute approximate surface area is 111 Å². The van der Waals surface area contributed by atoms with E-state index in [0.717, 1.165) is 6.42 Å². The van der Waals surface area contributed by atoms with Crippen LogP contribution in [-0.4, -0.2) is 27.3 Å². The molecule has 3 N–H and O–H groups in total. The second-order valence-electron chi connectivity index (χ2n) is 4.64. The van der Waals surface area contributed by atoms with Crippen LogP contribution in [-0.2, 0) is 16.0 Å². The number of unbranched alkanes of at least 4 members (excludes halogenated alkanes) is 1. The zero-order valence-corrected chi connectivity index (χ0v) is 10.8. The van der Waals surface area contributed by atoms with Crippen molar-refractivity contribution in [2.24, 2.45) is 5.41 Å². The quantitative estimate of drug-likeness (QED) is 0.658. The van der Waals surface area contributed by atoms with E-state index < -0.39 is 17.4 Å². The summed E-state index contributed by atoms with van der Waals surface area (Å²) in [5, 5.41) is 27.8. The van der Waals surface area contributed by atoms with Gasteiger partial charge in [0.25, 0.3) is 0 Å². The van der Waals surface area contributed by atoms with Crippen molar-refractivity contribution in [2.75, 3.05) is 0 Å². The fraction of sp³-hybridized carbons (Fsp3) is 0.429. The number of aliphatic carboxylic acids is 2. The number of hydrogen-bond acceptors (Lipinski definition) is 3. The first kappa shape index (κ1) is 15.0. The lowest BCUT2D eigenvalue weighted by Gasteiger charge is -2.24. The van der Waals surface area contributed by atoms with Crippen LogP contribution in [0.5, 0.6) is 5.75 Å². The van der Waals surface area contributed by atoms with Crippen molar-refractivity contribution < 1.29 is 24.9 Å². The first-order valence-electron chi connectivity index (χ1n) is 6.17. The Hall–Kier alpha value is -2.04. The topological polar surface area (TPSA) is 94.8 Å². The number of carbonyl (C=O) groups is 2. The van der Waals surface area contributed by atoms with Gasteiger partial charge in [-0.15, -0.1) is 0 Å². The molecule has 0 heterocycles. The lowest BCUT2D eigenvalue weighted by molar-refractivity contribution is -0.165. The lowest BCUT2D eigenvalue weighted by atomic mass is 9.77. The number of rotatable bonds is 7. The molecule has 104 valence electrons. The highest BCUT2D eigenvalue weighted by Gasteiger charge is 2.45. The molecule has 0 aliphatic heterocycles. The Morgan fingerprint density at radius 2 is 1.63 bits per heavy atom. The Kier molecular flexibility index (Phi) is 4.92. The Balaban J connectivity index is 3.05. The van der Waals surface area contributed by atoms with Crippen LogP contribution in [0.4, 0.5) is 0 Å². The van der Waals surface area contributed by atoms with Crippen LogP contribution in [0.1, 0.15) is 31.7 Å². The normalized spacial score (nSPS) is 11.2. The molecular formula is C14H18O5. The Morgan fingerprint density at radius 3 is 2.05 bits per heavy atom. The zero-order chi connectivity index (χ0) is 14.5. The molecule has 1 rings (SSSR count). The highest BCUT2D eigenvalue weighted by Crippen LogP contribution is 2.31. The summed E-state index contributed by atoms with van der Waals surface area (Å²) in [6, 6.07) is 5.93. The smallest absolute Gasteiger partial charge is 0.321 e. The number of benzene rings is 1. The number of phenols is 1. The van der Waals surface area contributed by atoms with Gasteiger partial charge in [0.1, 0.15) is 5.75 Å². The van der Waals surface area contributed by atoms with Gasteiger partial charge in [-0.3, -0.25) is 9.59 Å². The highest BCUT2D eigenvalue weighted by molar-refractivity contribution is 5.98.